The average molecular weight is 199 g/mol. The summed E-state index contributed by atoms with van der Waals surface area (Å²) in [5.41, 5.74) is 5.65. The third-order valence-electron chi connectivity index (χ3n) is 3.48. The molecule has 2 heteroatoms. The van der Waals surface area contributed by atoms with Gasteiger partial charge in [0.2, 0.25) is 0 Å². The van der Waals surface area contributed by atoms with Crippen molar-refractivity contribution in [3.8, 4) is 0 Å². The second kappa shape index (κ2) is 7.24. The van der Waals surface area contributed by atoms with Crippen LogP contribution in [0.5, 0.6) is 0 Å². The Morgan fingerprint density at radius 1 is 1.21 bits per heavy atom. The van der Waals surface area contributed by atoms with Crippen molar-refractivity contribution >= 4 is 0 Å². The lowest BCUT2D eigenvalue weighted by molar-refractivity contribution is 0.109. The van der Waals surface area contributed by atoms with Crippen molar-refractivity contribution in [1.82, 2.24) is 0 Å². The smallest absolute Gasteiger partial charge is 0.0493 e. The minimum Gasteiger partial charge on any atom is -0.384 e. The van der Waals surface area contributed by atoms with Crippen LogP contribution in [0.1, 0.15) is 44.9 Å². The molecule has 1 atom stereocenters. The molecule has 1 aliphatic carbocycles. The van der Waals surface area contributed by atoms with Gasteiger partial charge in [0, 0.05) is 13.7 Å². The molecule has 1 saturated carbocycles. The van der Waals surface area contributed by atoms with E-state index in [0.717, 1.165) is 25.5 Å². The predicted molar refractivity (Wildman–Crippen MR) is 60.2 cm³/mol. The van der Waals surface area contributed by atoms with Crippen molar-refractivity contribution in [2.45, 2.75) is 44.9 Å². The highest BCUT2D eigenvalue weighted by atomic mass is 16.5. The van der Waals surface area contributed by atoms with Gasteiger partial charge in [-0.1, -0.05) is 38.5 Å². The van der Waals surface area contributed by atoms with Crippen LogP contribution in [0.4, 0.5) is 0 Å². The van der Waals surface area contributed by atoms with E-state index >= 15 is 0 Å². The van der Waals surface area contributed by atoms with Gasteiger partial charge in [-0.05, 0) is 24.8 Å². The largest absolute Gasteiger partial charge is 0.384 e. The lowest BCUT2D eigenvalue weighted by atomic mass is 9.84. The summed E-state index contributed by atoms with van der Waals surface area (Å²) >= 11 is 0. The number of methoxy groups -OCH3 is 1. The van der Waals surface area contributed by atoms with E-state index in [1.165, 1.54) is 38.5 Å². The first kappa shape index (κ1) is 12.0. The summed E-state index contributed by atoms with van der Waals surface area (Å²) in [6, 6.07) is 0. The molecule has 0 radical (unpaired) electrons. The SMILES string of the molecule is COCC(CCN)C1CCCCCC1. The molecule has 0 spiro atoms. The first-order valence-corrected chi connectivity index (χ1v) is 6.07. The van der Waals surface area contributed by atoms with Crippen LogP contribution in [-0.4, -0.2) is 20.3 Å². The van der Waals surface area contributed by atoms with E-state index in [9.17, 15) is 0 Å². The molecule has 0 aromatic rings. The Balaban J connectivity index is 2.38. The number of hydrogen-bond acceptors (Lipinski definition) is 2. The fourth-order valence-electron chi connectivity index (χ4n) is 2.67. The second-order valence-electron chi connectivity index (χ2n) is 4.54. The molecule has 1 unspecified atom stereocenters. The zero-order valence-corrected chi connectivity index (χ0v) is 9.50. The zero-order valence-electron chi connectivity index (χ0n) is 9.50. The molecule has 0 heterocycles. The Hall–Kier alpha value is -0.0800. The minimum absolute atomic E-state index is 0.711. The highest BCUT2D eigenvalue weighted by molar-refractivity contribution is 4.73. The Morgan fingerprint density at radius 2 is 1.86 bits per heavy atom. The van der Waals surface area contributed by atoms with Gasteiger partial charge in [-0.15, -0.1) is 0 Å². The van der Waals surface area contributed by atoms with Gasteiger partial charge < -0.3 is 10.5 Å². The van der Waals surface area contributed by atoms with Crippen LogP contribution in [0.25, 0.3) is 0 Å². The molecular formula is C12H25NO. The maximum absolute atomic E-state index is 5.65. The van der Waals surface area contributed by atoms with Gasteiger partial charge in [-0.2, -0.15) is 0 Å². The van der Waals surface area contributed by atoms with Gasteiger partial charge >= 0.3 is 0 Å². The maximum Gasteiger partial charge on any atom is 0.0493 e. The van der Waals surface area contributed by atoms with Crippen molar-refractivity contribution in [2.75, 3.05) is 20.3 Å². The maximum atomic E-state index is 5.65. The molecule has 14 heavy (non-hydrogen) atoms. The molecule has 2 nitrogen and oxygen atoms in total. The third-order valence-corrected chi connectivity index (χ3v) is 3.48. The summed E-state index contributed by atoms with van der Waals surface area (Å²) in [4.78, 5) is 0. The first-order valence-electron chi connectivity index (χ1n) is 6.07. The highest BCUT2D eigenvalue weighted by Crippen LogP contribution is 2.30. The summed E-state index contributed by atoms with van der Waals surface area (Å²) < 4.78 is 5.30. The van der Waals surface area contributed by atoms with Crippen molar-refractivity contribution in [2.24, 2.45) is 17.6 Å². The topological polar surface area (TPSA) is 35.2 Å². The van der Waals surface area contributed by atoms with Crippen molar-refractivity contribution < 1.29 is 4.74 Å². The van der Waals surface area contributed by atoms with Gasteiger partial charge in [0.25, 0.3) is 0 Å². The van der Waals surface area contributed by atoms with Crippen molar-refractivity contribution in [1.29, 1.82) is 0 Å². The van der Waals surface area contributed by atoms with Crippen LogP contribution in [0.15, 0.2) is 0 Å². The summed E-state index contributed by atoms with van der Waals surface area (Å²) in [5.74, 6) is 1.59. The van der Waals surface area contributed by atoms with Crippen LogP contribution < -0.4 is 5.73 Å². The van der Waals surface area contributed by atoms with E-state index in [0.29, 0.717) is 5.92 Å². The Kier molecular flexibility index (Phi) is 6.20. The molecule has 0 saturated heterocycles. The number of rotatable bonds is 5. The molecular weight excluding hydrogens is 174 g/mol. The van der Waals surface area contributed by atoms with Gasteiger partial charge in [0.1, 0.15) is 0 Å². The second-order valence-corrected chi connectivity index (χ2v) is 4.54. The van der Waals surface area contributed by atoms with Gasteiger partial charge in [0.15, 0.2) is 0 Å². The first-order chi connectivity index (χ1) is 6.88. The van der Waals surface area contributed by atoms with E-state index in [1.54, 1.807) is 7.11 Å². The predicted octanol–water partition coefficient (Wildman–Crippen LogP) is 2.57. The average Bonchev–Trinajstić information content (AvgIpc) is 2.45. The fourth-order valence-corrected chi connectivity index (χ4v) is 2.67. The molecule has 0 aromatic carbocycles. The Bertz CT molecular complexity index is 124. The number of nitrogens with two attached hydrogens (primary N) is 1. The zero-order chi connectivity index (χ0) is 10.2. The van der Waals surface area contributed by atoms with Gasteiger partial charge in [0.05, 0.1) is 0 Å². The van der Waals surface area contributed by atoms with E-state index in [2.05, 4.69) is 0 Å². The standard InChI is InChI=1S/C12H25NO/c1-14-10-12(8-9-13)11-6-4-2-3-5-7-11/h11-12H,2-10,13H2,1H3. The van der Waals surface area contributed by atoms with Crippen LogP contribution in [0.3, 0.4) is 0 Å². The van der Waals surface area contributed by atoms with Crippen LogP contribution in [0.2, 0.25) is 0 Å². The van der Waals surface area contributed by atoms with Gasteiger partial charge in [-0.25, -0.2) is 0 Å². The van der Waals surface area contributed by atoms with E-state index in [4.69, 9.17) is 10.5 Å². The lowest BCUT2D eigenvalue weighted by Gasteiger charge is -2.25. The van der Waals surface area contributed by atoms with E-state index in [-0.39, 0.29) is 0 Å². The van der Waals surface area contributed by atoms with Crippen LogP contribution >= 0.6 is 0 Å². The summed E-state index contributed by atoms with van der Waals surface area (Å²) in [5, 5.41) is 0. The van der Waals surface area contributed by atoms with Crippen molar-refractivity contribution in [3.63, 3.8) is 0 Å². The monoisotopic (exact) mass is 199 g/mol. The van der Waals surface area contributed by atoms with Gasteiger partial charge in [-0.3, -0.25) is 0 Å². The summed E-state index contributed by atoms with van der Waals surface area (Å²) in [7, 11) is 1.81. The minimum atomic E-state index is 0.711. The van der Waals surface area contributed by atoms with Crippen molar-refractivity contribution in [3.05, 3.63) is 0 Å². The Morgan fingerprint density at radius 3 is 2.36 bits per heavy atom. The molecule has 1 rings (SSSR count). The number of hydrogen-bond donors (Lipinski definition) is 1. The number of ether oxygens (including phenoxy) is 1. The molecule has 0 bridgehead atoms. The normalized spacial score (nSPS) is 21.9. The Labute approximate surface area is 88.2 Å². The molecule has 2 N–H and O–H groups in total. The van der Waals surface area contributed by atoms with E-state index < -0.39 is 0 Å². The quantitative estimate of drug-likeness (QED) is 0.691. The van der Waals surface area contributed by atoms with E-state index in [1.807, 2.05) is 0 Å². The van der Waals surface area contributed by atoms with Crippen LogP contribution in [0, 0.1) is 11.8 Å². The lowest BCUT2D eigenvalue weighted by Crippen LogP contribution is -2.22. The molecule has 0 aromatic heterocycles. The highest BCUT2D eigenvalue weighted by Gasteiger charge is 2.21. The van der Waals surface area contributed by atoms with Crippen LogP contribution in [-0.2, 0) is 4.74 Å². The summed E-state index contributed by atoms with van der Waals surface area (Å²) in [6.07, 6.45) is 9.61. The fraction of sp³-hybridized carbons (Fsp3) is 1.00. The summed E-state index contributed by atoms with van der Waals surface area (Å²) in [6.45, 7) is 1.71. The molecule has 1 aliphatic rings. The third kappa shape index (κ3) is 3.97. The molecule has 84 valence electrons. The molecule has 1 fully saturated rings. The molecule has 0 amide bonds. The molecule has 0 aliphatic heterocycles.